The molecule has 0 radical (unpaired) electrons. The van der Waals surface area contributed by atoms with Gasteiger partial charge in [-0.3, -0.25) is 34.1 Å². The second kappa shape index (κ2) is 18.1. The lowest BCUT2D eigenvalue weighted by Gasteiger charge is -2.61. The molecule has 4 aliphatic rings. The molecule has 0 saturated carbocycles. The van der Waals surface area contributed by atoms with Crippen LogP contribution in [0, 0.1) is 5.41 Å². The van der Waals surface area contributed by atoms with E-state index in [1.54, 1.807) is 18.2 Å². The van der Waals surface area contributed by atoms with Gasteiger partial charge in [0.05, 0.1) is 29.7 Å². The van der Waals surface area contributed by atoms with Crippen LogP contribution in [0.4, 0.5) is 11.6 Å². The Balaban J connectivity index is 0.675. The number of nitrogens with one attached hydrogen (secondary N) is 2. The van der Waals surface area contributed by atoms with Gasteiger partial charge in [0, 0.05) is 55.3 Å². The summed E-state index contributed by atoms with van der Waals surface area (Å²) in [6.07, 6.45) is 9.79. The van der Waals surface area contributed by atoms with E-state index >= 15 is 0 Å². The number of hydrogen-bond acceptors (Lipinski definition) is 12. The van der Waals surface area contributed by atoms with Crippen LogP contribution in [0.3, 0.4) is 0 Å². The standard InChI is InChI=1S/C47H55N7O8S/c1-46(2,33-12-17-37(18-13-33)62-27-34-22-23-48-45(49-34)51-63(3,59)60)32-10-15-36(16-11-32)61-25-9-7-5-4-6-8-24-52-28-47(29-52)30-53(31-47)35-14-19-38-39(26-35)44(58)54(43(38)57)40-20-21-41(55)50-42(40)56/h10-19,22-23,26,40H,4-9,20-21,24-25,27-31H2,1-3H3,(H,48,49,51)(H,50,55,56). The van der Waals surface area contributed by atoms with E-state index in [1.807, 2.05) is 30.3 Å². The summed E-state index contributed by atoms with van der Waals surface area (Å²) >= 11 is 0. The molecule has 3 saturated heterocycles. The molecular formula is C47H55N7O8S. The number of piperidine rings is 1. The maximum absolute atomic E-state index is 13.2. The number of aromatic nitrogens is 2. The van der Waals surface area contributed by atoms with Gasteiger partial charge >= 0.3 is 0 Å². The summed E-state index contributed by atoms with van der Waals surface area (Å²) in [5.74, 6) is -0.363. The summed E-state index contributed by atoms with van der Waals surface area (Å²) in [5.41, 5.74) is 4.47. The third kappa shape index (κ3) is 10.0. The fraction of sp³-hybridized carbons (Fsp3) is 0.447. The van der Waals surface area contributed by atoms with Crippen LogP contribution in [0.1, 0.15) is 103 Å². The van der Waals surface area contributed by atoms with Crippen LogP contribution in [0.15, 0.2) is 79.0 Å². The van der Waals surface area contributed by atoms with Crippen molar-refractivity contribution in [3.8, 4) is 11.5 Å². The average molecular weight is 878 g/mol. The van der Waals surface area contributed by atoms with E-state index < -0.39 is 33.8 Å². The monoisotopic (exact) mass is 877 g/mol. The predicted molar refractivity (Wildman–Crippen MR) is 237 cm³/mol. The molecule has 1 atom stereocenters. The van der Waals surface area contributed by atoms with Crippen molar-refractivity contribution in [2.24, 2.45) is 5.41 Å². The van der Waals surface area contributed by atoms with E-state index in [-0.39, 0.29) is 42.1 Å². The van der Waals surface area contributed by atoms with Crippen molar-refractivity contribution < 1.29 is 37.1 Å². The zero-order chi connectivity index (χ0) is 44.4. The maximum Gasteiger partial charge on any atom is 0.262 e. The number of hydrogen-bond donors (Lipinski definition) is 2. The number of carbonyl (C=O) groups excluding carboxylic acids is 4. The number of imide groups is 2. The Labute approximate surface area is 368 Å². The first kappa shape index (κ1) is 43.8. The zero-order valence-corrected chi connectivity index (χ0v) is 36.9. The normalized spacial score (nSPS) is 18.5. The number of fused-ring (bicyclic) bond motifs is 1. The average Bonchev–Trinajstić information content (AvgIpc) is 3.47. The second-order valence-corrected chi connectivity index (χ2v) is 19.7. The first-order chi connectivity index (χ1) is 30.2. The topological polar surface area (TPSA) is 180 Å². The van der Waals surface area contributed by atoms with E-state index in [1.165, 1.54) is 37.4 Å². The van der Waals surface area contributed by atoms with Crippen LogP contribution in [-0.2, 0) is 31.6 Å². The molecule has 332 valence electrons. The highest BCUT2D eigenvalue weighted by molar-refractivity contribution is 7.92. The van der Waals surface area contributed by atoms with Crippen LogP contribution in [0.5, 0.6) is 11.5 Å². The molecule has 4 aliphatic heterocycles. The molecule has 0 bridgehead atoms. The number of anilines is 2. The van der Waals surface area contributed by atoms with Crippen LogP contribution in [0.2, 0.25) is 0 Å². The molecule has 0 aliphatic carbocycles. The SMILES string of the molecule is CC(C)(c1ccc(OCCCCCCCCN2CC3(C2)CN(c2ccc4c(c2)C(=O)N(C2CCC(=O)NC2=O)C4=O)C3)cc1)c1ccc(OCc2ccnc(NS(C)(=O)=O)n2)cc1. The molecule has 1 aromatic heterocycles. The van der Waals surface area contributed by atoms with Crippen molar-refractivity contribution in [2.75, 3.05) is 55.2 Å². The number of nitrogens with zero attached hydrogens (tertiary/aromatic N) is 5. The van der Waals surface area contributed by atoms with Crippen molar-refractivity contribution in [1.82, 2.24) is 25.1 Å². The van der Waals surface area contributed by atoms with Crippen molar-refractivity contribution in [3.63, 3.8) is 0 Å². The Kier molecular flexibility index (Phi) is 12.6. The number of benzene rings is 3. The quantitative estimate of drug-likeness (QED) is 0.0869. The summed E-state index contributed by atoms with van der Waals surface area (Å²) in [4.78, 5) is 64.2. The highest BCUT2D eigenvalue weighted by atomic mass is 32.2. The molecule has 15 nitrogen and oxygen atoms in total. The summed E-state index contributed by atoms with van der Waals surface area (Å²) in [5, 5.41) is 2.24. The van der Waals surface area contributed by atoms with Crippen LogP contribution < -0.4 is 24.4 Å². The first-order valence-corrected chi connectivity index (χ1v) is 23.6. The number of sulfonamides is 1. The number of likely N-dealkylation sites (tertiary alicyclic amines) is 1. The van der Waals surface area contributed by atoms with E-state index in [2.05, 4.69) is 67.9 Å². The minimum Gasteiger partial charge on any atom is -0.494 e. The fourth-order valence-electron chi connectivity index (χ4n) is 9.15. The smallest absolute Gasteiger partial charge is 0.262 e. The molecule has 63 heavy (non-hydrogen) atoms. The molecular weight excluding hydrogens is 823 g/mol. The molecule has 3 aromatic carbocycles. The molecule has 2 N–H and O–H groups in total. The van der Waals surface area contributed by atoms with E-state index in [0.717, 1.165) is 73.7 Å². The largest absolute Gasteiger partial charge is 0.494 e. The van der Waals surface area contributed by atoms with Crippen molar-refractivity contribution in [2.45, 2.75) is 83.3 Å². The summed E-state index contributed by atoms with van der Waals surface area (Å²) in [7, 11) is -3.47. The van der Waals surface area contributed by atoms with Crippen LogP contribution >= 0.6 is 0 Å². The Bertz CT molecular complexity index is 2460. The van der Waals surface area contributed by atoms with E-state index in [4.69, 9.17) is 9.47 Å². The number of ether oxygens (including phenoxy) is 2. The third-order valence-electron chi connectivity index (χ3n) is 12.6. The van der Waals surface area contributed by atoms with Gasteiger partial charge in [-0.15, -0.1) is 0 Å². The molecule has 4 aromatic rings. The Morgan fingerprint density at radius 1 is 0.794 bits per heavy atom. The summed E-state index contributed by atoms with van der Waals surface area (Å²) in [6.45, 7) is 10.4. The minimum atomic E-state index is -3.47. The summed E-state index contributed by atoms with van der Waals surface area (Å²) < 4.78 is 37.2. The number of amides is 4. The lowest BCUT2D eigenvalue weighted by atomic mass is 9.72. The molecule has 3 fully saturated rings. The molecule has 5 heterocycles. The van der Waals surface area contributed by atoms with Gasteiger partial charge in [-0.25, -0.2) is 18.4 Å². The molecule has 1 unspecified atom stereocenters. The predicted octanol–water partition coefficient (Wildman–Crippen LogP) is 5.70. The van der Waals surface area contributed by atoms with Gasteiger partial charge in [0.2, 0.25) is 27.8 Å². The molecule has 1 spiro atoms. The van der Waals surface area contributed by atoms with Crippen LogP contribution in [0.25, 0.3) is 0 Å². The second-order valence-electron chi connectivity index (χ2n) is 17.9. The highest BCUT2D eigenvalue weighted by Gasteiger charge is 2.52. The molecule has 16 heteroatoms. The Morgan fingerprint density at radius 2 is 1.43 bits per heavy atom. The van der Waals surface area contributed by atoms with Crippen molar-refractivity contribution >= 4 is 45.3 Å². The Hall–Kier alpha value is -5.87. The van der Waals surface area contributed by atoms with Gasteiger partial charge in [0.1, 0.15) is 24.1 Å². The third-order valence-corrected chi connectivity index (χ3v) is 13.2. The minimum absolute atomic E-state index is 0.0101. The lowest BCUT2D eigenvalue weighted by molar-refractivity contribution is -0.136. The van der Waals surface area contributed by atoms with E-state index in [0.29, 0.717) is 29.2 Å². The van der Waals surface area contributed by atoms with Crippen molar-refractivity contribution in [1.29, 1.82) is 0 Å². The van der Waals surface area contributed by atoms with Gasteiger partial charge in [0.25, 0.3) is 11.8 Å². The van der Waals surface area contributed by atoms with Gasteiger partial charge in [-0.2, -0.15) is 0 Å². The highest BCUT2D eigenvalue weighted by Crippen LogP contribution is 2.43. The Morgan fingerprint density at radius 3 is 2.10 bits per heavy atom. The number of carbonyl (C=O) groups is 4. The van der Waals surface area contributed by atoms with Crippen LogP contribution in [-0.4, -0.2) is 103 Å². The summed E-state index contributed by atoms with van der Waals surface area (Å²) in [6, 6.07) is 22.4. The van der Waals surface area contributed by atoms with Gasteiger partial charge in [-0.1, -0.05) is 63.8 Å². The number of unbranched alkanes of at least 4 members (excludes halogenated alkanes) is 5. The maximum atomic E-state index is 13.2. The van der Waals surface area contributed by atoms with Gasteiger partial charge in [0.15, 0.2) is 0 Å². The fourth-order valence-corrected chi connectivity index (χ4v) is 9.58. The lowest BCUT2D eigenvalue weighted by Crippen LogP contribution is -2.72. The molecule has 4 amide bonds. The molecule has 8 rings (SSSR count). The zero-order valence-electron chi connectivity index (χ0n) is 36.1. The van der Waals surface area contributed by atoms with Crippen molar-refractivity contribution in [3.05, 3.63) is 107 Å². The van der Waals surface area contributed by atoms with E-state index in [9.17, 15) is 27.6 Å². The van der Waals surface area contributed by atoms with Gasteiger partial charge < -0.3 is 19.3 Å². The van der Waals surface area contributed by atoms with Gasteiger partial charge in [-0.05, 0) is 85.5 Å². The number of rotatable bonds is 19. The first-order valence-electron chi connectivity index (χ1n) is 21.8.